The lowest BCUT2D eigenvalue weighted by atomic mass is 10.1. The number of benzene rings is 7. The molecule has 0 aliphatic heterocycles. The third-order valence-corrected chi connectivity index (χ3v) is 11.3. The van der Waals surface area contributed by atoms with Crippen LogP contribution < -0.4 is 28.4 Å². The third-order valence-electron chi connectivity index (χ3n) is 11.3. The summed E-state index contributed by atoms with van der Waals surface area (Å²) in [4.78, 5) is 51.8. The maximum absolute atomic E-state index is 13.1. The quantitative estimate of drug-likeness (QED) is 0.0329. The Morgan fingerprint density at radius 3 is 1.12 bits per heavy atom. The minimum absolute atomic E-state index is 0.249. The fourth-order valence-corrected chi connectivity index (χ4v) is 7.40. The van der Waals surface area contributed by atoms with Crippen LogP contribution in [0.5, 0.6) is 34.5 Å². The van der Waals surface area contributed by atoms with Crippen LogP contribution in [0, 0.1) is 0 Å². The van der Waals surface area contributed by atoms with E-state index in [1.807, 2.05) is 30.3 Å². The van der Waals surface area contributed by atoms with Gasteiger partial charge in [0.15, 0.2) is 0 Å². The SMILES string of the molecule is CCCCCCCCCCCCOc1ccc(C(=O)Oc2ccc(C(=O)Oc3ccc4ccc(OC(=O)c5ccc(OC(=O)c6ccc(OCCc7ccccc7)cc6)cc5)cc4c3)cc2)cc1. The zero-order chi connectivity index (χ0) is 47.3. The first-order chi connectivity index (χ1) is 33.3. The van der Waals surface area contributed by atoms with Crippen molar-refractivity contribution >= 4 is 34.6 Å². The largest absolute Gasteiger partial charge is 0.494 e. The van der Waals surface area contributed by atoms with Crippen molar-refractivity contribution in [2.24, 2.45) is 0 Å². The number of unbranched alkanes of at least 4 members (excludes halogenated alkanes) is 9. The molecule has 348 valence electrons. The summed E-state index contributed by atoms with van der Waals surface area (Å²) in [5, 5.41) is 1.50. The molecule has 68 heavy (non-hydrogen) atoms. The van der Waals surface area contributed by atoms with Crippen LogP contribution in [0.1, 0.15) is 118 Å². The van der Waals surface area contributed by atoms with Crippen molar-refractivity contribution in [1.29, 1.82) is 0 Å². The maximum Gasteiger partial charge on any atom is 0.343 e. The summed E-state index contributed by atoms with van der Waals surface area (Å²) < 4.78 is 34.1. The van der Waals surface area contributed by atoms with Gasteiger partial charge in [-0.15, -0.1) is 0 Å². The number of carbonyl (C=O) groups excluding carboxylic acids is 4. The van der Waals surface area contributed by atoms with E-state index in [-0.39, 0.29) is 34.1 Å². The molecule has 0 aromatic heterocycles. The molecule has 0 saturated carbocycles. The van der Waals surface area contributed by atoms with E-state index in [0.29, 0.717) is 41.2 Å². The van der Waals surface area contributed by atoms with Crippen molar-refractivity contribution < 1.29 is 47.6 Å². The Kier molecular flexibility index (Phi) is 17.9. The molecule has 0 bridgehead atoms. The van der Waals surface area contributed by atoms with Gasteiger partial charge in [0.25, 0.3) is 0 Å². The normalized spacial score (nSPS) is 10.8. The standard InChI is InChI=1S/C58H56O10/c1-2-3-4-5-6-7-8-9-10-14-38-63-49-27-19-44(20-28-49)55(59)65-51-31-23-46(24-32-51)57(61)67-53-35-17-43-18-36-54(41-48(43)40-53)68-58(62)47-25-33-52(34-26-47)66-56(60)45-21-29-50(30-22-45)64-39-37-42-15-12-11-13-16-42/h11-13,15-36,40-41H,2-10,14,37-39H2,1H3. The Balaban J connectivity index is 0.830. The van der Waals surface area contributed by atoms with Crippen molar-refractivity contribution in [3.8, 4) is 34.5 Å². The number of ether oxygens (including phenoxy) is 6. The van der Waals surface area contributed by atoms with E-state index in [4.69, 9.17) is 28.4 Å². The minimum atomic E-state index is -0.612. The summed E-state index contributed by atoms with van der Waals surface area (Å²) in [5.41, 5.74) is 2.42. The van der Waals surface area contributed by atoms with E-state index in [2.05, 4.69) is 6.92 Å². The van der Waals surface area contributed by atoms with Crippen molar-refractivity contribution in [3.05, 3.63) is 192 Å². The molecule has 0 spiro atoms. The molecule has 0 radical (unpaired) electrons. The van der Waals surface area contributed by atoms with Crippen LogP contribution >= 0.6 is 0 Å². The molecule has 7 aromatic carbocycles. The first-order valence-corrected chi connectivity index (χ1v) is 23.4. The number of fused-ring (bicyclic) bond motifs is 1. The Hall–Kier alpha value is -7.72. The van der Waals surface area contributed by atoms with Gasteiger partial charge in [-0.1, -0.05) is 107 Å². The Labute approximate surface area is 397 Å². The topological polar surface area (TPSA) is 124 Å². The summed E-state index contributed by atoms with van der Waals surface area (Å²) in [6.07, 6.45) is 13.4. The minimum Gasteiger partial charge on any atom is -0.494 e. The number of esters is 4. The van der Waals surface area contributed by atoms with Gasteiger partial charge in [-0.25, -0.2) is 19.2 Å². The predicted octanol–water partition coefficient (Wildman–Crippen LogP) is 13.6. The molecular weight excluding hydrogens is 857 g/mol. The highest BCUT2D eigenvalue weighted by molar-refractivity contribution is 5.95. The molecule has 10 nitrogen and oxygen atoms in total. The number of hydrogen-bond acceptors (Lipinski definition) is 10. The Morgan fingerprint density at radius 2 is 0.691 bits per heavy atom. The van der Waals surface area contributed by atoms with Crippen LogP contribution in [-0.2, 0) is 6.42 Å². The molecule has 0 fully saturated rings. The molecule has 7 rings (SSSR count). The number of hydrogen-bond donors (Lipinski definition) is 0. The van der Waals surface area contributed by atoms with Crippen LogP contribution in [0.2, 0.25) is 0 Å². The van der Waals surface area contributed by atoms with Gasteiger partial charge in [0.05, 0.1) is 35.5 Å². The highest BCUT2D eigenvalue weighted by Gasteiger charge is 2.15. The lowest BCUT2D eigenvalue weighted by Gasteiger charge is -2.10. The predicted molar refractivity (Wildman–Crippen MR) is 263 cm³/mol. The first kappa shape index (κ1) is 48.2. The van der Waals surface area contributed by atoms with E-state index >= 15 is 0 Å². The van der Waals surface area contributed by atoms with E-state index < -0.39 is 23.9 Å². The number of rotatable bonds is 24. The summed E-state index contributed by atoms with van der Waals surface area (Å²) in [7, 11) is 0. The summed E-state index contributed by atoms with van der Waals surface area (Å²) in [5.74, 6) is 0.160. The van der Waals surface area contributed by atoms with E-state index in [1.54, 1.807) is 84.9 Å². The highest BCUT2D eigenvalue weighted by atomic mass is 16.5. The van der Waals surface area contributed by atoms with Gasteiger partial charge in [0, 0.05) is 6.42 Å². The molecule has 0 aliphatic rings. The average Bonchev–Trinajstić information content (AvgIpc) is 3.36. The van der Waals surface area contributed by atoms with Gasteiger partial charge < -0.3 is 28.4 Å². The molecular formula is C58H56O10. The summed E-state index contributed by atoms with van der Waals surface area (Å²) >= 11 is 0. The van der Waals surface area contributed by atoms with E-state index in [0.717, 1.165) is 24.6 Å². The second-order valence-electron chi connectivity index (χ2n) is 16.4. The molecule has 0 amide bonds. The van der Waals surface area contributed by atoms with Gasteiger partial charge in [-0.2, -0.15) is 0 Å². The molecule has 0 heterocycles. The van der Waals surface area contributed by atoms with Crippen LogP contribution in [0.15, 0.2) is 164 Å². The van der Waals surface area contributed by atoms with Crippen LogP contribution in [0.25, 0.3) is 10.8 Å². The fraction of sp³-hybridized carbons (Fsp3) is 0.241. The van der Waals surface area contributed by atoms with Crippen LogP contribution in [0.3, 0.4) is 0 Å². The molecule has 0 unspecified atom stereocenters. The lowest BCUT2D eigenvalue weighted by Crippen LogP contribution is -2.10. The Bertz CT molecular complexity index is 2710. The second-order valence-corrected chi connectivity index (χ2v) is 16.4. The highest BCUT2D eigenvalue weighted by Crippen LogP contribution is 2.27. The van der Waals surface area contributed by atoms with E-state index in [1.165, 1.54) is 105 Å². The van der Waals surface area contributed by atoms with Gasteiger partial charge in [-0.3, -0.25) is 0 Å². The number of carbonyl (C=O) groups is 4. The zero-order valence-electron chi connectivity index (χ0n) is 38.4. The van der Waals surface area contributed by atoms with Gasteiger partial charge in [-0.05, 0) is 144 Å². The average molecular weight is 913 g/mol. The molecule has 7 aromatic rings. The van der Waals surface area contributed by atoms with Crippen molar-refractivity contribution in [3.63, 3.8) is 0 Å². The smallest absolute Gasteiger partial charge is 0.343 e. The maximum atomic E-state index is 13.1. The third kappa shape index (κ3) is 14.9. The van der Waals surface area contributed by atoms with Crippen LogP contribution in [-0.4, -0.2) is 37.1 Å². The van der Waals surface area contributed by atoms with Crippen molar-refractivity contribution in [1.82, 2.24) is 0 Å². The Morgan fingerprint density at radius 1 is 0.338 bits per heavy atom. The molecule has 0 aliphatic carbocycles. The molecule has 0 saturated heterocycles. The summed E-state index contributed by atoms with van der Waals surface area (Å²) in [6.45, 7) is 3.39. The lowest BCUT2D eigenvalue weighted by molar-refractivity contribution is 0.0720. The monoisotopic (exact) mass is 912 g/mol. The second kappa shape index (κ2) is 25.3. The van der Waals surface area contributed by atoms with Gasteiger partial charge >= 0.3 is 23.9 Å². The zero-order valence-corrected chi connectivity index (χ0v) is 38.4. The van der Waals surface area contributed by atoms with E-state index in [9.17, 15) is 19.2 Å². The first-order valence-electron chi connectivity index (χ1n) is 23.4. The molecule has 0 N–H and O–H groups in total. The van der Waals surface area contributed by atoms with Crippen molar-refractivity contribution in [2.45, 2.75) is 77.6 Å². The summed E-state index contributed by atoms with van der Waals surface area (Å²) in [6, 6.07) is 46.1. The van der Waals surface area contributed by atoms with Gasteiger partial charge in [0.1, 0.15) is 34.5 Å². The molecule has 10 heteroatoms. The molecule has 0 atom stereocenters. The van der Waals surface area contributed by atoms with Crippen LogP contribution in [0.4, 0.5) is 0 Å². The fourth-order valence-electron chi connectivity index (χ4n) is 7.40. The van der Waals surface area contributed by atoms with Crippen molar-refractivity contribution in [2.75, 3.05) is 13.2 Å². The van der Waals surface area contributed by atoms with Gasteiger partial charge in [0.2, 0.25) is 0 Å².